The minimum Gasteiger partial charge on any atom is -0.382 e. The van der Waals surface area contributed by atoms with Gasteiger partial charge in [0.2, 0.25) is 0 Å². The highest BCUT2D eigenvalue weighted by Gasteiger charge is 2.34. The highest BCUT2D eigenvalue weighted by atomic mass is 19.4. The summed E-state index contributed by atoms with van der Waals surface area (Å²) in [6, 6.07) is 11.3. The molecule has 0 spiro atoms. The largest absolute Gasteiger partial charge is 0.433 e. The molecule has 0 unspecified atom stereocenters. The summed E-state index contributed by atoms with van der Waals surface area (Å²) in [5.74, 6) is -0.0891. The molecule has 2 heterocycles. The van der Waals surface area contributed by atoms with Crippen LogP contribution in [0.1, 0.15) is 41.7 Å². The fourth-order valence-electron chi connectivity index (χ4n) is 4.43. The average Bonchev–Trinajstić information content (AvgIpc) is 2.80. The number of rotatable bonds is 5. The number of para-hydroxylation sites is 1. The predicted molar refractivity (Wildman–Crippen MR) is 121 cm³/mol. The van der Waals surface area contributed by atoms with E-state index in [0.29, 0.717) is 22.2 Å². The molecule has 4 rings (SSSR count). The van der Waals surface area contributed by atoms with E-state index in [4.69, 9.17) is 0 Å². The summed E-state index contributed by atoms with van der Waals surface area (Å²) < 4.78 is 40.1. The van der Waals surface area contributed by atoms with E-state index in [0.717, 1.165) is 31.7 Å². The van der Waals surface area contributed by atoms with Crippen molar-refractivity contribution in [1.29, 1.82) is 0 Å². The first-order valence-corrected chi connectivity index (χ1v) is 10.9. The topological polar surface area (TPSA) is 61.4 Å². The third kappa shape index (κ3) is 5.08. The molecule has 6 nitrogen and oxygen atoms in total. The number of hydrogen-bond donors (Lipinski definition) is 1. The third-order valence-corrected chi connectivity index (χ3v) is 5.98. The smallest absolute Gasteiger partial charge is 0.382 e. The highest BCUT2D eigenvalue weighted by Crippen LogP contribution is 2.35. The first-order valence-electron chi connectivity index (χ1n) is 10.9. The summed E-state index contributed by atoms with van der Waals surface area (Å²) in [6.07, 6.45) is 1.61. The molecule has 3 aromatic rings. The van der Waals surface area contributed by atoms with Gasteiger partial charge in [-0.05, 0) is 49.9 Å². The molecule has 1 fully saturated rings. The van der Waals surface area contributed by atoms with Gasteiger partial charge in [-0.15, -0.1) is 0 Å². The van der Waals surface area contributed by atoms with Crippen LogP contribution in [0.2, 0.25) is 0 Å². The number of carbonyl (C=O) groups excluding carboxylic acids is 1. The summed E-state index contributed by atoms with van der Waals surface area (Å²) in [6.45, 7) is 0. The molecule has 1 aliphatic rings. The van der Waals surface area contributed by atoms with Gasteiger partial charge in [0.05, 0.1) is 5.52 Å². The zero-order chi connectivity index (χ0) is 23.6. The van der Waals surface area contributed by atoms with Crippen molar-refractivity contribution < 1.29 is 18.0 Å². The second kappa shape index (κ2) is 9.35. The summed E-state index contributed by atoms with van der Waals surface area (Å²) >= 11 is 0. The molecule has 33 heavy (non-hydrogen) atoms. The van der Waals surface area contributed by atoms with Crippen LogP contribution in [0.15, 0.2) is 54.9 Å². The van der Waals surface area contributed by atoms with Crippen LogP contribution in [-0.4, -0.2) is 52.1 Å². The second-order valence-corrected chi connectivity index (χ2v) is 8.45. The number of alkyl halides is 3. The maximum Gasteiger partial charge on any atom is 0.433 e. The molecule has 0 atom stereocenters. The number of hydrogen-bond acceptors (Lipinski definition) is 5. The van der Waals surface area contributed by atoms with Gasteiger partial charge >= 0.3 is 6.18 Å². The second-order valence-electron chi connectivity index (χ2n) is 8.45. The molecule has 1 amide bonds. The normalized spacial score (nSPS) is 19.0. The Kier molecular flexibility index (Phi) is 6.51. The van der Waals surface area contributed by atoms with E-state index in [9.17, 15) is 18.0 Å². The monoisotopic (exact) mass is 457 g/mol. The Balaban J connectivity index is 1.49. The average molecular weight is 458 g/mol. The van der Waals surface area contributed by atoms with Crippen molar-refractivity contribution in [2.45, 2.75) is 43.9 Å². The number of nitrogens with one attached hydrogen (secondary N) is 1. The molecule has 0 bridgehead atoms. The van der Waals surface area contributed by atoms with Crippen molar-refractivity contribution in [1.82, 2.24) is 20.0 Å². The maximum atomic E-state index is 13.4. The number of fused-ring (bicyclic) bond motifs is 1. The molecule has 0 radical (unpaired) electrons. The first-order chi connectivity index (χ1) is 15.7. The lowest BCUT2D eigenvalue weighted by Crippen LogP contribution is -2.50. The Bertz CT molecular complexity index is 1110. The Morgan fingerprint density at radius 3 is 2.33 bits per heavy atom. The highest BCUT2D eigenvalue weighted by molar-refractivity contribution is 5.94. The lowest BCUT2D eigenvalue weighted by atomic mass is 9.90. The maximum absolute atomic E-state index is 13.4. The Hall–Kier alpha value is -3.20. The zero-order valence-electron chi connectivity index (χ0n) is 18.5. The van der Waals surface area contributed by atoms with Gasteiger partial charge in [0.1, 0.15) is 5.69 Å². The van der Waals surface area contributed by atoms with E-state index >= 15 is 0 Å². The van der Waals surface area contributed by atoms with E-state index in [1.54, 1.807) is 58.8 Å². The number of anilines is 1. The molecule has 1 aromatic carbocycles. The van der Waals surface area contributed by atoms with Gasteiger partial charge < -0.3 is 5.32 Å². The fraction of sp³-hybridized carbons (Fsp3) is 0.375. The number of aromatic nitrogens is 2. The number of carbonyl (C=O) groups is 1. The first kappa shape index (κ1) is 23.0. The van der Waals surface area contributed by atoms with Gasteiger partial charge in [0, 0.05) is 55.2 Å². The summed E-state index contributed by atoms with van der Waals surface area (Å²) in [5.41, 5.74) is 0.417. The zero-order valence-corrected chi connectivity index (χ0v) is 18.5. The van der Waals surface area contributed by atoms with E-state index < -0.39 is 11.9 Å². The third-order valence-electron chi connectivity index (χ3n) is 5.98. The van der Waals surface area contributed by atoms with Gasteiger partial charge in [-0.1, -0.05) is 18.2 Å². The van der Waals surface area contributed by atoms with Crippen molar-refractivity contribution in [2.75, 3.05) is 19.4 Å². The predicted octanol–water partition coefficient (Wildman–Crippen LogP) is 4.99. The van der Waals surface area contributed by atoms with Crippen molar-refractivity contribution >= 4 is 22.5 Å². The van der Waals surface area contributed by atoms with E-state index in [1.807, 2.05) is 14.1 Å². The number of hydrazine groups is 1. The van der Waals surface area contributed by atoms with Crippen LogP contribution < -0.4 is 5.32 Å². The Labute approximate surface area is 190 Å². The van der Waals surface area contributed by atoms with Gasteiger partial charge in [0.15, 0.2) is 0 Å². The lowest BCUT2D eigenvalue weighted by Gasteiger charge is -2.40. The summed E-state index contributed by atoms with van der Waals surface area (Å²) in [4.78, 5) is 20.8. The van der Waals surface area contributed by atoms with Crippen LogP contribution in [0.5, 0.6) is 0 Å². The molecule has 1 saturated carbocycles. The Morgan fingerprint density at radius 1 is 1.03 bits per heavy atom. The quantitative estimate of drug-likeness (QED) is 0.547. The van der Waals surface area contributed by atoms with Gasteiger partial charge in [0.25, 0.3) is 5.91 Å². The number of amides is 1. The summed E-state index contributed by atoms with van der Waals surface area (Å²) in [7, 11) is 3.68. The van der Waals surface area contributed by atoms with Crippen LogP contribution in [0.3, 0.4) is 0 Å². The van der Waals surface area contributed by atoms with Gasteiger partial charge in [-0.2, -0.15) is 13.2 Å². The number of benzene rings is 1. The van der Waals surface area contributed by atoms with Crippen LogP contribution in [0.25, 0.3) is 10.9 Å². The van der Waals surface area contributed by atoms with E-state index in [-0.39, 0.29) is 18.0 Å². The molecule has 1 N–H and O–H groups in total. The van der Waals surface area contributed by atoms with Crippen LogP contribution in [0.4, 0.5) is 18.9 Å². The molecule has 0 saturated heterocycles. The lowest BCUT2D eigenvalue weighted by molar-refractivity contribution is -0.140. The fourth-order valence-corrected chi connectivity index (χ4v) is 4.43. The minimum absolute atomic E-state index is 0.00757. The van der Waals surface area contributed by atoms with Crippen molar-refractivity contribution in [3.8, 4) is 0 Å². The van der Waals surface area contributed by atoms with Gasteiger partial charge in [-0.3, -0.25) is 14.8 Å². The molecular weight excluding hydrogens is 431 g/mol. The SMILES string of the molecule is CN(C)N(C(=O)c1ccncc1)C1CCC(Nc2cc(C(F)(F)F)nc3ccccc23)CC1. The van der Waals surface area contributed by atoms with Crippen LogP contribution in [-0.2, 0) is 6.18 Å². The van der Waals surface area contributed by atoms with Crippen molar-refractivity contribution in [3.63, 3.8) is 0 Å². The molecule has 0 aliphatic heterocycles. The standard InChI is InChI=1S/C24H26F3N5O/c1-31(2)32(23(33)16-11-13-28-14-12-16)18-9-7-17(8-10-18)29-21-15-22(24(25,26)27)30-20-6-4-3-5-19(20)21/h3-6,11-15,17-18H,7-10H2,1-2H3,(H,29,30). The molecule has 2 aromatic heterocycles. The number of pyridine rings is 2. The molecule has 9 heteroatoms. The molecule has 1 aliphatic carbocycles. The minimum atomic E-state index is -4.52. The van der Waals surface area contributed by atoms with Gasteiger partial charge in [-0.25, -0.2) is 9.99 Å². The summed E-state index contributed by atoms with van der Waals surface area (Å²) in [5, 5.41) is 7.54. The Morgan fingerprint density at radius 2 is 1.70 bits per heavy atom. The number of halogens is 3. The molecular formula is C24H26F3N5O. The number of nitrogens with zero attached hydrogens (tertiary/aromatic N) is 4. The van der Waals surface area contributed by atoms with Crippen molar-refractivity contribution in [3.05, 3.63) is 66.1 Å². The molecule has 174 valence electrons. The van der Waals surface area contributed by atoms with Crippen molar-refractivity contribution in [2.24, 2.45) is 0 Å². The van der Waals surface area contributed by atoms with Crippen LogP contribution in [0, 0.1) is 0 Å². The van der Waals surface area contributed by atoms with E-state index in [2.05, 4.69) is 15.3 Å². The van der Waals surface area contributed by atoms with Crippen LogP contribution >= 0.6 is 0 Å². The van der Waals surface area contributed by atoms with E-state index in [1.165, 1.54) is 0 Å².